The van der Waals surface area contributed by atoms with Gasteiger partial charge in [-0.25, -0.2) is 0 Å². The molecule has 1 N–H and O–H groups in total. The van der Waals surface area contributed by atoms with E-state index in [2.05, 4.69) is 15.5 Å². The second-order valence-electron chi connectivity index (χ2n) is 6.98. The summed E-state index contributed by atoms with van der Waals surface area (Å²) in [7, 11) is 0. The third-order valence-electron chi connectivity index (χ3n) is 4.39. The van der Waals surface area contributed by atoms with Gasteiger partial charge in [0.1, 0.15) is 22.9 Å². The Balaban J connectivity index is 2.40. The second-order valence-corrected chi connectivity index (χ2v) is 7.82. The molecule has 11 heteroatoms. The summed E-state index contributed by atoms with van der Waals surface area (Å²) < 4.78 is 22.3. The molecule has 0 aliphatic carbocycles. The smallest absolute Gasteiger partial charge is 0.258 e. The number of anilines is 1. The number of azo groups is 1. The van der Waals surface area contributed by atoms with Crippen LogP contribution in [-0.2, 0) is 9.59 Å². The Morgan fingerprint density at radius 1 is 0.886 bits per heavy atom. The van der Waals surface area contributed by atoms with Gasteiger partial charge in [0.15, 0.2) is 17.3 Å². The fourth-order valence-electron chi connectivity index (χ4n) is 3.01. The van der Waals surface area contributed by atoms with Crippen LogP contribution in [0.25, 0.3) is 0 Å². The highest BCUT2D eigenvalue weighted by Crippen LogP contribution is 2.41. The number of amides is 1. The molecular weight excluding hydrogens is 497 g/mol. The van der Waals surface area contributed by atoms with Crippen LogP contribution >= 0.6 is 23.2 Å². The molecule has 0 heterocycles. The third kappa shape index (κ3) is 7.73. The van der Waals surface area contributed by atoms with Crippen LogP contribution in [0, 0.1) is 0 Å². The van der Waals surface area contributed by atoms with Gasteiger partial charge in [0.05, 0.1) is 31.5 Å². The van der Waals surface area contributed by atoms with Crippen molar-refractivity contribution in [3.8, 4) is 23.0 Å². The van der Waals surface area contributed by atoms with Crippen molar-refractivity contribution < 1.29 is 28.5 Å². The number of benzene rings is 2. The van der Waals surface area contributed by atoms with E-state index in [0.717, 1.165) is 0 Å². The number of rotatable bonds is 13. The zero-order valence-electron chi connectivity index (χ0n) is 20.3. The van der Waals surface area contributed by atoms with E-state index in [1.165, 1.54) is 13.0 Å². The first kappa shape index (κ1) is 28.2. The monoisotopic (exact) mass is 525 g/mol. The number of halogens is 2. The van der Waals surface area contributed by atoms with E-state index >= 15 is 0 Å². The van der Waals surface area contributed by atoms with Gasteiger partial charge in [-0.1, -0.05) is 23.2 Å². The number of ether oxygens (including phenoxy) is 4. The largest absolute Gasteiger partial charge is 0.494 e. The standard InChI is InChI=1S/C24H29Cl2N3O6/c1-6-32-16-12-17(26)22(19(13-16)33-7-2)27-24(31)21(14(5)30)29-28-18-10-15(25)11-20(34-8-3)23(18)35-9-4/h10-13,21H,6-9H2,1-5H3,(H,27,31). The van der Waals surface area contributed by atoms with Crippen LogP contribution in [0.1, 0.15) is 34.6 Å². The lowest BCUT2D eigenvalue weighted by Crippen LogP contribution is -2.32. The number of carbonyl (C=O) groups is 2. The summed E-state index contributed by atoms with van der Waals surface area (Å²) in [4.78, 5) is 25.3. The Kier molecular flexibility index (Phi) is 11.1. The Morgan fingerprint density at radius 2 is 1.51 bits per heavy atom. The zero-order chi connectivity index (χ0) is 26.0. The van der Waals surface area contributed by atoms with Crippen molar-refractivity contribution in [2.45, 2.75) is 40.7 Å². The lowest BCUT2D eigenvalue weighted by Gasteiger charge is -2.17. The predicted octanol–water partition coefficient (Wildman–Crippen LogP) is 6.27. The molecule has 0 aromatic heterocycles. The maximum absolute atomic E-state index is 13.0. The predicted molar refractivity (Wildman–Crippen MR) is 135 cm³/mol. The van der Waals surface area contributed by atoms with Gasteiger partial charge in [-0.3, -0.25) is 9.59 Å². The highest BCUT2D eigenvalue weighted by molar-refractivity contribution is 6.34. The summed E-state index contributed by atoms with van der Waals surface area (Å²) in [5.41, 5.74) is 0.413. The molecule has 0 saturated carbocycles. The summed E-state index contributed by atoms with van der Waals surface area (Å²) in [6.45, 7) is 9.93. The average Bonchev–Trinajstić information content (AvgIpc) is 2.78. The van der Waals surface area contributed by atoms with Crippen molar-refractivity contribution in [1.82, 2.24) is 0 Å². The first-order chi connectivity index (χ1) is 16.7. The maximum Gasteiger partial charge on any atom is 0.258 e. The van der Waals surface area contributed by atoms with Crippen LogP contribution in [0.5, 0.6) is 23.0 Å². The number of ketones is 1. The molecule has 0 bridgehead atoms. The molecule has 0 fully saturated rings. The van der Waals surface area contributed by atoms with Gasteiger partial charge in [-0.2, -0.15) is 10.2 Å². The molecule has 0 radical (unpaired) electrons. The SMILES string of the molecule is CCOc1cc(Cl)c(NC(=O)C(N=Nc2cc(Cl)cc(OCC)c2OCC)C(C)=O)c(OCC)c1. The maximum atomic E-state index is 13.0. The molecule has 1 unspecified atom stereocenters. The van der Waals surface area contributed by atoms with Crippen LogP contribution < -0.4 is 24.3 Å². The highest BCUT2D eigenvalue weighted by Gasteiger charge is 2.26. The second kappa shape index (κ2) is 13.7. The number of nitrogens with zero attached hydrogens (tertiary/aromatic N) is 2. The average molecular weight is 526 g/mol. The van der Waals surface area contributed by atoms with Crippen molar-refractivity contribution >= 4 is 46.3 Å². The molecule has 0 saturated heterocycles. The van der Waals surface area contributed by atoms with E-state index in [1.54, 1.807) is 32.0 Å². The van der Waals surface area contributed by atoms with E-state index in [9.17, 15) is 9.59 Å². The highest BCUT2D eigenvalue weighted by atomic mass is 35.5. The Labute approximate surface area is 214 Å². The summed E-state index contributed by atoms with van der Waals surface area (Å²) in [6.07, 6.45) is 0. The van der Waals surface area contributed by atoms with Crippen LogP contribution in [0.4, 0.5) is 11.4 Å². The molecule has 0 spiro atoms. The fraction of sp³-hybridized carbons (Fsp3) is 0.417. The van der Waals surface area contributed by atoms with Crippen molar-refractivity contribution in [1.29, 1.82) is 0 Å². The third-order valence-corrected chi connectivity index (χ3v) is 4.91. The molecule has 0 aliphatic rings. The quantitative estimate of drug-likeness (QED) is 0.244. The number of nitrogens with one attached hydrogen (secondary N) is 1. The molecule has 2 aromatic carbocycles. The molecule has 0 aliphatic heterocycles. The zero-order valence-corrected chi connectivity index (χ0v) is 21.8. The summed E-state index contributed by atoms with van der Waals surface area (Å²) in [5, 5.41) is 11.2. The van der Waals surface area contributed by atoms with E-state index in [1.807, 2.05) is 13.8 Å². The molecule has 2 aromatic rings. The van der Waals surface area contributed by atoms with E-state index in [-0.39, 0.29) is 16.4 Å². The van der Waals surface area contributed by atoms with Crippen molar-refractivity contribution in [3.63, 3.8) is 0 Å². The van der Waals surface area contributed by atoms with Crippen molar-refractivity contribution in [2.24, 2.45) is 10.2 Å². The molecule has 1 amide bonds. The van der Waals surface area contributed by atoms with Crippen LogP contribution in [0.3, 0.4) is 0 Å². The molecule has 9 nitrogen and oxygen atoms in total. The van der Waals surface area contributed by atoms with Gasteiger partial charge in [0.2, 0.25) is 6.04 Å². The first-order valence-electron chi connectivity index (χ1n) is 11.2. The minimum absolute atomic E-state index is 0.182. The minimum Gasteiger partial charge on any atom is -0.494 e. The Morgan fingerprint density at radius 3 is 2.11 bits per heavy atom. The number of carbonyl (C=O) groups excluding carboxylic acids is 2. The number of Topliss-reactive ketones (excluding diaryl/α,β-unsaturated/α-hetero) is 1. The summed E-state index contributed by atoms with van der Waals surface area (Å²) in [5.74, 6) is 0.192. The number of hydrogen-bond donors (Lipinski definition) is 1. The van der Waals surface area contributed by atoms with Gasteiger partial charge in [-0.05, 0) is 40.7 Å². The molecule has 1 atom stereocenters. The summed E-state index contributed by atoms with van der Waals surface area (Å²) in [6, 6.07) is 4.78. The van der Waals surface area contributed by atoms with E-state index < -0.39 is 17.7 Å². The van der Waals surface area contributed by atoms with E-state index in [4.69, 9.17) is 42.1 Å². The lowest BCUT2D eigenvalue weighted by atomic mass is 10.2. The topological polar surface area (TPSA) is 108 Å². The van der Waals surface area contributed by atoms with E-state index in [0.29, 0.717) is 54.4 Å². The molecular formula is C24H29Cl2N3O6. The van der Waals surface area contributed by atoms with Gasteiger partial charge in [0, 0.05) is 23.2 Å². The summed E-state index contributed by atoms with van der Waals surface area (Å²) >= 11 is 12.6. The number of hydrogen-bond acceptors (Lipinski definition) is 8. The van der Waals surface area contributed by atoms with Crippen molar-refractivity contribution in [2.75, 3.05) is 31.7 Å². The first-order valence-corrected chi connectivity index (χ1v) is 11.9. The van der Waals surface area contributed by atoms with Crippen molar-refractivity contribution in [3.05, 3.63) is 34.3 Å². The van der Waals surface area contributed by atoms with Gasteiger partial charge in [0.25, 0.3) is 5.91 Å². The van der Waals surface area contributed by atoms with Crippen LogP contribution in [0.2, 0.25) is 10.0 Å². The lowest BCUT2D eigenvalue weighted by molar-refractivity contribution is -0.126. The molecule has 2 rings (SSSR count). The molecule has 35 heavy (non-hydrogen) atoms. The van der Waals surface area contributed by atoms with Gasteiger partial charge < -0.3 is 24.3 Å². The minimum atomic E-state index is -1.46. The van der Waals surface area contributed by atoms with Gasteiger partial charge >= 0.3 is 0 Å². The Hall–Kier alpha value is -3.04. The normalized spacial score (nSPS) is 11.7. The van der Waals surface area contributed by atoms with Crippen LogP contribution in [0.15, 0.2) is 34.5 Å². The van der Waals surface area contributed by atoms with Crippen LogP contribution in [-0.4, -0.2) is 44.2 Å². The van der Waals surface area contributed by atoms with Gasteiger partial charge in [-0.15, -0.1) is 0 Å². The molecule has 190 valence electrons. The fourth-order valence-corrected chi connectivity index (χ4v) is 3.46. The Bertz CT molecular complexity index is 1080.